The van der Waals surface area contributed by atoms with Crippen LogP contribution in [0.15, 0.2) is 0 Å². The third-order valence-corrected chi connectivity index (χ3v) is 3.53. The number of rotatable bonds is 8. The van der Waals surface area contributed by atoms with Gasteiger partial charge in [-0.3, -0.25) is 14.9 Å². The summed E-state index contributed by atoms with van der Waals surface area (Å²) in [4.78, 5) is 22.7. The van der Waals surface area contributed by atoms with E-state index in [0.29, 0.717) is 30.8 Å². The zero-order valence-corrected chi connectivity index (χ0v) is 13.8. The fraction of sp³-hybridized carbons (Fsp3) is 0.667. The highest BCUT2D eigenvalue weighted by atomic mass is 35.5. The Bertz CT molecular complexity index is 455. The van der Waals surface area contributed by atoms with Gasteiger partial charge in [-0.05, 0) is 12.8 Å². The first kappa shape index (κ1) is 19.8. The maximum absolute atomic E-state index is 11.7. The minimum absolute atomic E-state index is 0. The summed E-state index contributed by atoms with van der Waals surface area (Å²) in [5.41, 5.74) is 5.70. The molecule has 0 saturated heterocycles. The molecule has 1 unspecified atom stereocenters. The van der Waals surface area contributed by atoms with E-state index in [2.05, 4.69) is 20.3 Å². The second kappa shape index (κ2) is 10.5. The minimum Gasteiger partial charge on any atom is -0.469 e. The average Bonchev–Trinajstić information content (AvgIpc) is 2.86. The van der Waals surface area contributed by atoms with E-state index < -0.39 is 6.04 Å². The van der Waals surface area contributed by atoms with Gasteiger partial charge in [0.2, 0.25) is 11.0 Å². The zero-order chi connectivity index (χ0) is 15.0. The number of halogens is 1. The van der Waals surface area contributed by atoms with Crippen molar-refractivity contribution in [1.29, 1.82) is 0 Å². The smallest absolute Gasteiger partial charge is 0.305 e. The average molecular weight is 337 g/mol. The number of nitrogens with zero attached hydrogens (tertiary/aromatic N) is 2. The second-order valence-corrected chi connectivity index (χ2v) is 5.38. The number of hydrogen-bond donors (Lipinski definition) is 2. The standard InChI is InChI=1S/C12H20N4O3S.ClH/c1-3-5-8(13)11(18)14-12-16-15-9(20-12)6-4-7-10(17)19-2;/h8H,3-7,13H2,1-2H3,(H,14,16,18);1H. The largest absolute Gasteiger partial charge is 0.469 e. The molecular weight excluding hydrogens is 316 g/mol. The zero-order valence-electron chi connectivity index (χ0n) is 12.1. The van der Waals surface area contributed by atoms with Crippen molar-refractivity contribution >= 4 is 40.8 Å². The van der Waals surface area contributed by atoms with Crippen molar-refractivity contribution in [2.24, 2.45) is 5.73 Å². The van der Waals surface area contributed by atoms with Gasteiger partial charge in [0.25, 0.3) is 0 Å². The van der Waals surface area contributed by atoms with Crippen LogP contribution < -0.4 is 11.1 Å². The summed E-state index contributed by atoms with van der Waals surface area (Å²) >= 11 is 1.29. The van der Waals surface area contributed by atoms with Crippen LogP contribution >= 0.6 is 23.7 Å². The van der Waals surface area contributed by atoms with Crippen LogP contribution in [-0.4, -0.2) is 35.2 Å². The number of esters is 1. The highest BCUT2D eigenvalue weighted by Gasteiger charge is 2.14. The summed E-state index contributed by atoms with van der Waals surface area (Å²) in [6.07, 6.45) is 3.10. The van der Waals surface area contributed by atoms with E-state index in [1.165, 1.54) is 18.4 Å². The van der Waals surface area contributed by atoms with Crippen molar-refractivity contribution in [2.75, 3.05) is 12.4 Å². The molecule has 0 aliphatic carbocycles. The topological polar surface area (TPSA) is 107 Å². The van der Waals surface area contributed by atoms with Crippen LogP contribution in [0.25, 0.3) is 0 Å². The minimum atomic E-state index is -0.522. The third kappa shape index (κ3) is 7.35. The molecule has 0 spiro atoms. The van der Waals surface area contributed by atoms with Crippen LogP contribution in [0.5, 0.6) is 0 Å². The summed E-state index contributed by atoms with van der Waals surface area (Å²) in [6.45, 7) is 1.97. The van der Waals surface area contributed by atoms with Gasteiger partial charge >= 0.3 is 5.97 Å². The lowest BCUT2D eigenvalue weighted by Gasteiger charge is -2.08. The number of nitrogens with one attached hydrogen (secondary N) is 1. The lowest BCUT2D eigenvalue weighted by atomic mass is 10.2. The number of amides is 1. The number of aryl methyl sites for hydroxylation is 1. The van der Waals surface area contributed by atoms with Crippen LogP contribution in [0.2, 0.25) is 0 Å². The molecule has 1 atom stereocenters. The Morgan fingerprint density at radius 3 is 2.76 bits per heavy atom. The molecule has 3 N–H and O–H groups in total. The van der Waals surface area contributed by atoms with Gasteiger partial charge in [0, 0.05) is 12.8 Å². The monoisotopic (exact) mass is 336 g/mol. The first-order valence-electron chi connectivity index (χ1n) is 6.52. The van der Waals surface area contributed by atoms with Crippen molar-refractivity contribution in [1.82, 2.24) is 10.2 Å². The number of aromatic nitrogens is 2. The lowest BCUT2D eigenvalue weighted by molar-refractivity contribution is -0.140. The lowest BCUT2D eigenvalue weighted by Crippen LogP contribution is -2.35. The predicted octanol–water partition coefficient (Wildman–Crippen LogP) is 1.52. The maximum atomic E-state index is 11.7. The van der Waals surface area contributed by atoms with Gasteiger partial charge < -0.3 is 10.5 Å². The molecule has 120 valence electrons. The van der Waals surface area contributed by atoms with Gasteiger partial charge in [0.05, 0.1) is 13.2 Å². The highest BCUT2D eigenvalue weighted by Crippen LogP contribution is 2.17. The van der Waals surface area contributed by atoms with Crippen LogP contribution in [0, 0.1) is 0 Å². The molecule has 7 nitrogen and oxygen atoms in total. The molecule has 0 aliphatic heterocycles. The van der Waals surface area contributed by atoms with Gasteiger partial charge in [0.1, 0.15) is 5.01 Å². The van der Waals surface area contributed by atoms with E-state index in [4.69, 9.17) is 5.73 Å². The molecule has 1 aromatic heterocycles. The van der Waals surface area contributed by atoms with Crippen molar-refractivity contribution in [2.45, 2.75) is 45.1 Å². The fourth-order valence-electron chi connectivity index (χ4n) is 1.53. The van der Waals surface area contributed by atoms with Crippen LogP contribution in [0.3, 0.4) is 0 Å². The number of carbonyl (C=O) groups is 2. The van der Waals surface area contributed by atoms with Crippen molar-refractivity contribution in [3.05, 3.63) is 5.01 Å². The van der Waals surface area contributed by atoms with Gasteiger partial charge in [-0.1, -0.05) is 24.7 Å². The SMILES string of the molecule is CCCC(N)C(=O)Nc1nnc(CCCC(=O)OC)s1.Cl. The van der Waals surface area contributed by atoms with Crippen molar-refractivity contribution in [3.63, 3.8) is 0 Å². The maximum Gasteiger partial charge on any atom is 0.305 e. The molecule has 1 aromatic rings. The Balaban J connectivity index is 0.00000400. The molecular formula is C12H21ClN4O3S. The Labute approximate surface area is 134 Å². The quantitative estimate of drug-likeness (QED) is 0.697. The predicted molar refractivity (Wildman–Crippen MR) is 83.6 cm³/mol. The third-order valence-electron chi connectivity index (χ3n) is 2.63. The van der Waals surface area contributed by atoms with E-state index >= 15 is 0 Å². The van der Waals surface area contributed by atoms with Crippen LogP contribution in [0.1, 0.15) is 37.6 Å². The normalized spacial score (nSPS) is 11.4. The van der Waals surface area contributed by atoms with E-state index in [1.807, 2.05) is 6.92 Å². The number of carbonyl (C=O) groups excluding carboxylic acids is 2. The molecule has 21 heavy (non-hydrogen) atoms. The Kier molecular flexibility index (Phi) is 9.85. The Morgan fingerprint density at radius 1 is 1.43 bits per heavy atom. The summed E-state index contributed by atoms with van der Waals surface area (Å²) in [5.74, 6) is -0.488. The molecule has 0 aromatic carbocycles. The summed E-state index contributed by atoms with van der Waals surface area (Å²) < 4.78 is 4.55. The molecule has 0 saturated carbocycles. The van der Waals surface area contributed by atoms with Crippen LogP contribution in [-0.2, 0) is 20.7 Å². The number of ether oxygens (including phenoxy) is 1. The highest BCUT2D eigenvalue weighted by molar-refractivity contribution is 7.15. The van der Waals surface area contributed by atoms with Crippen LogP contribution in [0.4, 0.5) is 5.13 Å². The van der Waals surface area contributed by atoms with Gasteiger partial charge in [-0.15, -0.1) is 22.6 Å². The first-order chi connectivity index (χ1) is 9.56. The molecule has 0 aliphatic rings. The van der Waals surface area contributed by atoms with E-state index in [9.17, 15) is 9.59 Å². The van der Waals surface area contributed by atoms with E-state index in [1.54, 1.807) is 0 Å². The fourth-order valence-corrected chi connectivity index (χ4v) is 2.32. The Hall–Kier alpha value is -1.25. The Morgan fingerprint density at radius 2 is 2.14 bits per heavy atom. The molecule has 1 amide bonds. The molecule has 1 heterocycles. The van der Waals surface area contributed by atoms with Gasteiger partial charge in [-0.2, -0.15) is 0 Å². The van der Waals surface area contributed by atoms with Crippen molar-refractivity contribution in [3.8, 4) is 0 Å². The number of anilines is 1. The molecule has 9 heteroatoms. The van der Waals surface area contributed by atoms with E-state index in [-0.39, 0.29) is 24.3 Å². The van der Waals surface area contributed by atoms with Gasteiger partial charge in [-0.25, -0.2) is 0 Å². The molecule has 0 bridgehead atoms. The van der Waals surface area contributed by atoms with E-state index in [0.717, 1.165) is 11.4 Å². The molecule has 0 fully saturated rings. The van der Waals surface area contributed by atoms with Gasteiger partial charge in [0.15, 0.2) is 0 Å². The number of hydrogen-bond acceptors (Lipinski definition) is 7. The summed E-state index contributed by atoms with van der Waals surface area (Å²) in [5, 5.41) is 11.7. The molecule has 1 rings (SSSR count). The number of methoxy groups -OCH3 is 1. The second-order valence-electron chi connectivity index (χ2n) is 4.32. The number of nitrogens with two attached hydrogens (primary N) is 1. The molecule has 0 radical (unpaired) electrons. The first-order valence-corrected chi connectivity index (χ1v) is 7.34. The summed E-state index contributed by atoms with van der Waals surface area (Å²) in [6, 6.07) is -0.522. The summed E-state index contributed by atoms with van der Waals surface area (Å²) in [7, 11) is 1.36. The van der Waals surface area contributed by atoms with Crippen molar-refractivity contribution < 1.29 is 14.3 Å².